The van der Waals surface area contributed by atoms with E-state index in [1.54, 1.807) is 6.07 Å². The Morgan fingerprint density at radius 2 is 1.67 bits per heavy atom. The van der Waals surface area contributed by atoms with Crippen LogP contribution in [0.5, 0.6) is 0 Å². The van der Waals surface area contributed by atoms with Crippen molar-refractivity contribution >= 4 is 5.57 Å². The maximum absolute atomic E-state index is 13.5. The minimum atomic E-state index is -0.235. The molecule has 0 atom stereocenters. The lowest BCUT2D eigenvalue weighted by Gasteiger charge is -2.26. The Hall–Kier alpha value is -4.02. The van der Waals surface area contributed by atoms with Gasteiger partial charge in [-0.15, -0.1) is 0 Å². The maximum Gasteiger partial charge on any atom is 0.123 e. The van der Waals surface area contributed by atoms with Gasteiger partial charge in [-0.1, -0.05) is 89.4 Å². The van der Waals surface area contributed by atoms with E-state index in [0.29, 0.717) is 6.42 Å². The van der Waals surface area contributed by atoms with Gasteiger partial charge < -0.3 is 5.32 Å². The molecule has 2 heterocycles. The van der Waals surface area contributed by atoms with Gasteiger partial charge in [-0.2, -0.15) is 0 Å². The van der Waals surface area contributed by atoms with Gasteiger partial charge in [0.2, 0.25) is 0 Å². The molecule has 2 aromatic carbocycles. The fourth-order valence-electron chi connectivity index (χ4n) is 5.03. The van der Waals surface area contributed by atoms with Crippen LogP contribution in [-0.4, -0.2) is 23.0 Å². The lowest BCUT2D eigenvalue weighted by molar-refractivity contribution is 0.220. The molecule has 3 aromatic rings. The topological polar surface area (TPSA) is 28.2 Å². The van der Waals surface area contributed by atoms with Crippen molar-refractivity contribution in [3.05, 3.63) is 144 Å². The SMILES string of the molecule is C.C=C(/C=C\C(=C/C)NC(=C)C(=C)c1cc(-c2cncc(CN3CCCCC3)c2)ccc1C)Cc1cccc(F)c1.CC. The predicted molar refractivity (Wildman–Crippen MR) is 185 cm³/mol. The van der Waals surface area contributed by atoms with Gasteiger partial charge in [0.05, 0.1) is 0 Å². The van der Waals surface area contributed by atoms with Gasteiger partial charge in [-0.25, -0.2) is 4.39 Å². The third-order valence-electron chi connectivity index (χ3n) is 7.34. The number of aromatic nitrogens is 1. The van der Waals surface area contributed by atoms with Crippen LogP contribution in [0.2, 0.25) is 0 Å². The minimum absolute atomic E-state index is 0. The summed E-state index contributed by atoms with van der Waals surface area (Å²) < 4.78 is 13.5. The molecule has 0 amide bonds. The zero-order valence-corrected chi connectivity index (χ0v) is 25.8. The van der Waals surface area contributed by atoms with Crippen molar-refractivity contribution < 1.29 is 4.39 Å². The van der Waals surface area contributed by atoms with Gasteiger partial charge in [0.15, 0.2) is 0 Å². The van der Waals surface area contributed by atoms with E-state index in [-0.39, 0.29) is 13.2 Å². The van der Waals surface area contributed by atoms with Gasteiger partial charge >= 0.3 is 0 Å². The number of likely N-dealkylation sites (tertiary alicyclic amines) is 1. The average Bonchev–Trinajstić information content (AvgIpc) is 3.00. The monoisotopic (exact) mass is 579 g/mol. The number of nitrogens with one attached hydrogen (secondary N) is 1. The van der Waals surface area contributed by atoms with Crippen molar-refractivity contribution in [3.8, 4) is 11.1 Å². The molecule has 1 aliphatic heterocycles. The molecule has 0 aliphatic carbocycles. The van der Waals surface area contributed by atoms with Crippen molar-refractivity contribution in [3.63, 3.8) is 0 Å². The molecule has 4 rings (SSSR count). The highest BCUT2D eigenvalue weighted by atomic mass is 19.1. The predicted octanol–water partition coefficient (Wildman–Crippen LogP) is 10.2. The second-order valence-electron chi connectivity index (χ2n) is 10.6. The third kappa shape index (κ3) is 10.6. The summed E-state index contributed by atoms with van der Waals surface area (Å²) in [6, 6.07) is 15.3. The Kier molecular flexibility index (Phi) is 14.6. The van der Waals surface area contributed by atoms with Gasteiger partial charge in [-0.3, -0.25) is 9.88 Å². The quantitative estimate of drug-likeness (QED) is 0.229. The van der Waals surface area contributed by atoms with E-state index in [1.165, 1.54) is 50.0 Å². The summed E-state index contributed by atoms with van der Waals surface area (Å²) in [4.78, 5) is 7.07. The molecule has 0 bridgehead atoms. The Bertz CT molecular complexity index is 1440. The van der Waals surface area contributed by atoms with E-state index in [0.717, 1.165) is 56.9 Å². The Morgan fingerprint density at radius 3 is 2.37 bits per heavy atom. The summed E-state index contributed by atoms with van der Waals surface area (Å²) in [5.74, 6) is -0.235. The molecule has 0 saturated carbocycles. The van der Waals surface area contributed by atoms with Crippen LogP contribution in [0.1, 0.15) is 69.7 Å². The number of benzene rings is 2. The van der Waals surface area contributed by atoms with E-state index in [9.17, 15) is 4.39 Å². The van der Waals surface area contributed by atoms with Crippen LogP contribution in [0, 0.1) is 12.7 Å². The first kappa shape index (κ1) is 35.2. The molecule has 1 aromatic heterocycles. The molecule has 0 unspecified atom stereocenters. The first-order chi connectivity index (χ1) is 20.3. The van der Waals surface area contributed by atoms with Crippen LogP contribution in [0.4, 0.5) is 4.39 Å². The molecular weight excluding hydrogens is 529 g/mol. The molecule has 0 spiro atoms. The highest BCUT2D eigenvalue weighted by molar-refractivity contribution is 5.81. The summed E-state index contributed by atoms with van der Waals surface area (Å²) >= 11 is 0. The molecule has 1 N–H and O–H groups in total. The fraction of sp³-hybridized carbons (Fsp3) is 0.308. The molecule has 1 aliphatic rings. The van der Waals surface area contributed by atoms with Crippen LogP contribution in [0.25, 0.3) is 16.7 Å². The Labute approximate surface area is 260 Å². The van der Waals surface area contributed by atoms with Gasteiger partial charge in [0.25, 0.3) is 0 Å². The summed E-state index contributed by atoms with van der Waals surface area (Å²) in [7, 11) is 0. The van der Waals surface area contributed by atoms with Crippen LogP contribution < -0.4 is 5.32 Å². The number of halogens is 1. The third-order valence-corrected chi connectivity index (χ3v) is 7.34. The van der Waals surface area contributed by atoms with E-state index in [1.807, 2.05) is 57.5 Å². The highest BCUT2D eigenvalue weighted by Gasteiger charge is 2.13. The van der Waals surface area contributed by atoms with Gasteiger partial charge in [-0.05, 0) is 110 Å². The number of hydrogen-bond acceptors (Lipinski definition) is 3. The van der Waals surface area contributed by atoms with E-state index in [2.05, 4.69) is 66.1 Å². The van der Waals surface area contributed by atoms with E-state index >= 15 is 0 Å². The van der Waals surface area contributed by atoms with E-state index < -0.39 is 0 Å². The molecule has 1 fully saturated rings. The summed E-state index contributed by atoms with van der Waals surface area (Å²) in [6.45, 7) is 24.1. The molecule has 0 radical (unpaired) electrons. The largest absolute Gasteiger partial charge is 0.356 e. The van der Waals surface area contributed by atoms with Crippen LogP contribution in [-0.2, 0) is 13.0 Å². The summed E-state index contributed by atoms with van der Waals surface area (Å²) in [6.07, 6.45) is 14.3. The minimum Gasteiger partial charge on any atom is -0.356 e. The Balaban J connectivity index is 0.00000211. The molecule has 43 heavy (non-hydrogen) atoms. The summed E-state index contributed by atoms with van der Waals surface area (Å²) in [5, 5.41) is 3.40. The van der Waals surface area contributed by atoms with Crippen LogP contribution in [0.3, 0.4) is 0 Å². The number of hydrogen-bond donors (Lipinski definition) is 1. The first-order valence-corrected chi connectivity index (χ1v) is 15.0. The van der Waals surface area contributed by atoms with Crippen molar-refractivity contribution in [2.45, 2.75) is 67.3 Å². The Morgan fingerprint density at radius 1 is 0.930 bits per heavy atom. The average molecular weight is 580 g/mol. The lowest BCUT2D eigenvalue weighted by Crippen LogP contribution is -2.29. The maximum atomic E-state index is 13.5. The summed E-state index contributed by atoms with van der Waals surface area (Å²) in [5.41, 5.74) is 9.87. The molecule has 1 saturated heterocycles. The molecule has 3 nitrogen and oxygen atoms in total. The van der Waals surface area contributed by atoms with E-state index in [4.69, 9.17) is 0 Å². The number of pyridine rings is 1. The standard InChI is InChI=1S/C36H40FN3.C2H6.CH4/c1-6-35(16-13-26(2)19-30-11-10-12-34(37)21-30)39-29(5)28(4)36-22-32(15-14-27(36)3)33-20-31(23-38-24-33)25-40-17-8-7-9-18-40;1-2;/h6,10-16,20-24,39H,2,4-5,7-9,17-19,25H2,1,3H3;1-2H3;1H4/b16-13-,35-6+;;. The van der Waals surface area contributed by atoms with Crippen molar-refractivity contribution in [1.29, 1.82) is 0 Å². The number of rotatable bonds is 11. The molecular formula is C39H50FN3. The van der Waals surface area contributed by atoms with Crippen LogP contribution >= 0.6 is 0 Å². The first-order valence-electron chi connectivity index (χ1n) is 15.0. The van der Waals surface area contributed by atoms with Crippen molar-refractivity contribution in [1.82, 2.24) is 15.2 Å². The zero-order chi connectivity index (χ0) is 30.5. The van der Waals surface area contributed by atoms with Crippen molar-refractivity contribution in [2.75, 3.05) is 13.1 Å². The smallest absolute Gasteiger partial charge is 0.123 e. The second kappa shape index (κ2) is 17.8. The van der Waals surface area contributed by atoms with Gasteiger partial charge in [0, 0.05) is 35.9 Å². The van der Waals surface area contributed by atoms with Crippen molar-refractivity contribution in [2.24, 2.45) is 0 Å². The highest BCUT2D eigenvalue weighted by Crippen LogP contribution is 2.29. The number of allylic oxidation sites excluding steroid dienone is 5. The number of piperidine rings is 1. The number of nitrogens with zero attached hydrogens (tertiary/aromatic N) is 2. The molecule has 228 valence electrons. The zero-order valence-electron chi connectivity index (χ0n) is 25.8. The number of aryl methyl sites for hydroxylation is 1. The second-order valence-corrected chi connectivity index (χ2v) is 10.6. The molecule has 4 heteroatoms. The normalized spacial score (nSPS) is 13.5. The fourth-order valence-corrected chi connectivity index (χ4v) is 5.03. The van der Waals surface area contributed by atoms with Gasteiger partial charge in [0.1, 0.15) is 5.82 Å². The van der Waals surface area contributed by atoms with Crippen LogP contribution in [0.15, 0.2) is 116 Å². The lowest BCUT2D eigenvalue weighted by atomic mass is 9.94.